The second-order valence-corrected chi connectivity index (χ2v) is 2.72. The first-order valence-corrected chi connectivity index (χ1v) is 4.02. The molecule has 4 heteroatoms. The Morgan fingerprint density at radius 3 is 2.67 bits per heavy atom. The quantitative estimate of drug-likeness (QED) is 0.509. The van der Waals surface area contributed by atoms with Crippen molar-refractivity contribution in [3.05, 3.63) is 0 Å². The molecular weight excluding hydrogens is 161 g/mol. The monoisotopic (exact) mass is 177 g/mol. The van der Waals surface area contributed by atoms with Crippen LogP contribution in [0.25, 0.3) is 0 Å². The number of hydrogen-bond acceptors (Lipinski definition) is 3. The van der Waals surface area contributed by atoms with Crippen LogP contribution in [-0.4, -0.2) is 30.7 Å². The standard InChI is InChI=1S/C8H16FNO2/c1-4-8(11)6(2)7(9)5-10-12-3/h5-8,11H,4H2,1-3H3/t6-,7+,8+/m0/s1. The molecule has 0 saturated heterocycles. The minimum absolute atomic E-state index is 0.436. The maximum Gasteiger partial charge on any atom is 0.143 e. The Bertz CT molecular complexity index is 141. The molecule has 0 radical (unpaired) electrons. The smallest absolute Gasteiger partial charge is 0.143 e. The van der Waals surface area contributed by atoms with E-state index in [1.165, 1.54) is 7.11 Å². The molecule has 0 aromatic carbocycles. The normalized spacial score (nSPS) is 19.1. The zero-order chi connectivity index (χ0) is 9.56. The minimum Gasteiger partial charge on any atom is -0.399 e. The fourth-order valence-corrected chi connectivity index (χ4v) is 0.839. The molecule has 0 aromatic rings. The van der Waals surface area contributed by atoms with Crippen LogP contribution in [0.3, 0.4) is 0 Å². The van der Waals surface area contributed by atoms with Crippen LogP contribution < -0.4 is 0 Å². The van der Waals surface area contributed by atoms with Gasteiger partial charge in [-0.05, 0) is 6.42 Å². The number of rotatable bonds is 5. The number of alkyl halides is 1. The highest BCUT2D eigenvalue weighted by Gasteiger charge is 2.21. The van der Waals surface area contributed by atoms with Gasteiger partial charge >= 0.3 is 0 Å². The Morgan fingerprint density at radius 2 is 2.25 bits per heavy atom. The predicted molar refractivity (Wildman–Crippen MR) is 45.9 cm³/mol. The number of oxime groups is 1. The predicted octanol–water partition coefficient (Wildman–Crippen LogP) is 1.36. The van der Waals surface area contributed by atoms with Crippen molar-refractivity contribution in [2.24, 2.45) is 11.1 Å². The number of hydrogen-bond donors (Lipinski definition) is 1. The molecule has 0 spiro atoms. The lowest BCUT2D eigenvalue weighted by Gasteiger charge is -2.17. The van der Waals surface area contributed by atoms with Crippen LogP contribution in [0, 0.1) is 5.92 Å². The molecule has 0 rings (SSSR count). The molecule has 0 aliphatic heterocycles. The molecule has 0 fully saturated rings. The zero-order valence-corrected chi connectivity index (χ0v) is 7.70. The Hall–Kier alpha value is -0.640. The average molecular weight is 177 g/mol. The molecular formula is C8H16FNO2. The topological polar surface area (TPSA) is 41.8 Å². The third-order valence-electron chi connectivity index (χ3n) is 1.84. The van der Waals surface area contributed by atoms with Crippen LogP contribution in [0.4, 0.5) is 4.39 Å². The van der Waals surface area contributed by atoms with Crippen LogP contribution in [0.1, 0.15) is 20.3 Å². The molecule has 12 heavy (non-hydrogen) atoms. The molecule has 0 aliphatic carbocycles. The third-order valence-corrected chi connectivity index (χ3v) is 1.84. The average Bonchev–Trinajstić information content (AvgIpc) is 2.11. The van der Waals surface area contributed by atoms with Crippen molar-refractivity contribution in [2.75, 3.05) is 7.11 Å². The van der Waals surface area contributed by atoms with Gasteiger partial charge in [-0.25, -0.2) is 4.39 Å². The maximum atomic E-state index is 13.0. The van der Waals surface area contributed by atoms with Gasteiger partial charge in [0.2, 0.25) is 0 Å². The van der Waals surface area contributed by atoms with E-state index >= 15 is 0 Å². The summed E-state index contributed by atoms with van der Waals surface area (Å²) in [7, 11) is 1.35. The molecule has 3 nitrogen and oxygen atoms in total. The van der Waals surface area contributed by atoms with Gasteiger partial charge in [0.05, 0.1) is 12.3 Å². The highest BCUT2D eigenvalue weighted by molar-refractivity contribution is 5.62. The first-order chi connectivity index (χ1) is 5.63. The van der Waals surface area contributed by atoms with E-state index in [0.717, 1.165) is 6.21 Å². The third kappa shape index (κ3) is 3.67. The second kappa shape index (κ2) is 5.94. The van der Waals surface area contributed by atoms with Crippen molar-refractivity contribution >= 4 is 6.21 Å². The van der Waals surface area contributed by atoms with Gasteiger partial charge in [0.15, 0.2) is 0 Å². The van der Waals surface area contributed by atoms with Gasteiger partial charge in [-0.1, -0.05) is 19.0 Å². The highest BCUT2D eigenvalue weighted by atomic mass is 19.1. The minimum atomic E-state index is -1.25. The second-order valence-electron chi connectivity index (χ2n) is 2.72. The van der Waals surface area contributed by atoms with E-state index in [9.17, 15) is 9.50 Å². The van der Waals surface area contributed by atoms with Crippen molar-refractivity contribution in [1.29, 1.82) is 0 Å². The molecule has 0 saturated carbocycles. The van der Waals surface area contributed by atoms with Gasteiger partial charge in [-0.15, -0.1) is 0 Å². The Kier molecular flexibility index (Phi) is 5.62. The van der Waals surface area contributed by atoms with Gasteiger partial charge in [0.25, 0.3) is 0 Å². The van der Waals surface area contributed by atoms with Gasteiger partial charge in [-0.3, -0.25) is 0 Å². The van der Waals surface area contributed by atoms with Gasteiger partial charge in [0.1, 0.15) is 13.3 Å². The van der Waals surface area contributed by atoms with Crippen LogP contribution in [0.15, 0.2) is 5.16 Å². The van der Waals surface area contributed by atoms with Gasteiger partial charge in [0, 0.05) is 5.92 Å². The van der Waals surface area contributed by atoms with E-state index < -0.39 is 18.2 Å². The molecule has 72 valence electrons. The van der Waals surface area contributed by atoms with Gasteiger partial charge in [-0.2, -0.15) is 0 Å². The van der Waals surface area contributed by atoms with Crippen LogP contribution in [-0.2, 0) is 4.84 Å². The van der Waals surface area contributed by atoms with E-state index in [1.54, 1.807) is 13.8 Å². The lowest BCUT2D eigenvalue weighted by molar-refractivity contribution is 0.0827. The van der Waals surface area contributed by atoms with E-state index in [2.05, 4.69) is 9.99 Å². The number of aliphatic hydroxyl groups excluding tert-OH is 1. The highest BCUT2D eigenvalue weighted by Crippen LogP contribution is 2.13. The Labute approximate surface area is 72.2 Å². The number of aliphatic hydroxyl groups is 1. The van der Waals surface area contributed by atoms with E-state index in [0.29, 0.717) is 6.42 Å². The summed E-state index contributed by atoms with van der Waals surface area (Å²) < 4.78 is 13.0. The Balaban J connectivity index is 3.91. The summed E-state index contributed by atoms with van der Waals surface area (Å²) in [4.78, 5) is 4.32. The molecule has 0 unspecified atom stereocenters. The van der Waals surface area contributed by atoms with E-state index in [1.807, 2.05) is 0 Å². The number of halogens is 1. The van der Waals surface area contributed by atoms with E-state index in [4.69, 9.17) is 0 Å². The zero-order valence-electron chi connectivity index (χ0n) is 7.70. The lowest BCUT2D eigenvalue weighted by Crippen LogP contribution is -2.27. The van der Waals surface area contributed by atoms with Crippen molar-refractivity contribution in [2.45, 2.75) is 32.5 Å². The maximum absolute atomic E-state index is 13.0. The van der Waals surface area contributed by atoms with Crippen LogP contribution in [0.5, 0.6) is 0 Å². The lowest BCUT2D eigenvalue weighted by atomic mass is 9.98. The summed E-state index contributed by atoms with van der Waals surface area (Å²) in [6.45, 7) is 3.45. The summed E-state index contributed by atoms with van der Waals surface area (Å²) >= 11 is 0. The van der Waals surface area contributed by atoms with E-state index in [-0.39, 0.29) is 0 Å². The number of nitrogens with zero attached hydrogens (tertiary/aromatic N) is 1. The molecule has 0 bridgehead atoms. The van der Waals surface area contributed by atoms with Crippen molar-refractivity contribution in [1.82, 2.24) is 0 Å². The molecule has 3 atom stereocenters. The Morgan fingerprint density at radius 1 is 1.67 bits per heavy atom. The summed E-state index contributed by atoms with van der Waals surface area (Å²) in [5.74, 6) is -0.436. The fourth-order valence-electron chi connectivity index (χ4n) is 0.839. The van der Waals surface area contributed by atoms with Crippen molar-refractivity contribution in [3.63, 3.8) is 0 Å². The van der Waals surface area contributed by atoms with Crippen molar-refractivity contribution < 1.29 is 14.3 Å². The van der Waals surface area contributed by atoms with Gasteiger partial charge < -0.3 is 9.94 Å². The van der Waals surface area contributed by atoms with Crippen molar-refractivity contribution in [3.8, 4) is 0 Å². The summed E-state index contributed by atoms with van der Waals surface area (Å²) in [5, 5.41) is 12.6. The van der Waals surface area contributed by atoms with Crippen LogP contribution in [0.2, 0.25) is 0 Å². The van der Waals surface area contributed by atoms with Crippen LogP contribution >= 0.6 is 0 Å². The fraction of sp³-hybridized carbons (Fsp3) is 0.875. The molecule has 0 amide bonds. The SMILES string of the molecule is CC[C@@H](O)[C@@H](C)[C@H](F)C=NOC. The largest absolute Gasteiger partial charge is 0.399 e. The molecule has 1 N–H and O–H groups in total. The first kappa shape index (κ1) is 11.4. The first-order valence-electron chi connectivity index (χ1n) is 4.02. The molecule has 0 aliphatic rings. The molecule has 0 aromatic heterocycles. The molecule has 0 heterocycles. The summed E-state index contributed by atoms with van der Waals surface area (Å²) in [6.07, 6.45) is -0.269. The summed E-state index contributed by atoms with van der Waals surface area (Å²) in [5.41, 5.74) is 0. The summed E-state index contributed by atoms with van der Waals surface area (Å²) in [6, 6.07) is 0.